The Balaban J connectivity index is 3.25. The van der Waals surface area contributed by atoms with Gasteiger partial charge in [-0.2, -0.15) is 0 Å². The van der Waals surface area contributed by atoms with Gasteiger partial charge in [0, 0.05) is 0 Å². The normalized spacial score (nSPS) is 12.8. The van der Waals surface area contributed by atoms with Crippen LogP contribution in [0.4, 0.5) is 0 Å². The SMILES string of the molecule is [CH2]/C=C(\C)C/C=C/CCCCC. The first-order valence-corrected chi connectivity index (χ1v) is 4.91. The van der Waals surface area contributed by atoms with Crippen molar-refractivity contribution in [3.8, 4) is 0 Å². The summed E-state index contributed by atoms with van der Waals surface area (Å²) in [5, 5.41) is 0. The summed E-state index contributed by atoms with van der Waals surface area (Å²) in [6.45, 7) is 8.07. The highest BCUT2D eigenvalue weighted by atomic mass is 13.9. The van der Waals surface area contributed by atoms with Crippen LogP contribution in [-0.2, 0) is 0 Å². The Bertz CT molecular complexity index is 140. The van der Waals surface area contributed by atoms with Gasteiger partial charge in [-0.1, -0.05) is 43.6 Å². The summed E-state index contributed by atoms with van der Waals surface area (Å²) >= 11 is 0. The standard InChI is InChI=1S/C12H21/c1-4-6-7-8-9-10-11-12(3)5-2/h5,9-10H,2,4,6-8,11H2,1,3H3/b10-9+,12-5+. The summed E-state index contributed by atoms with van der Waals surface area (Å²) in [7, 11) is 0. The van der Waals surface area contributed by atoms with Gasteiger partial charge in [-0.3, -0.25) is 0 Å². The molecule has 0 aromatic heterocycles. The molecule has 0 nitrogen and oxygen atoms in total. The lowest BCUT2D eigenvalue weighted by Gasteiger charge is -1.93. The number of hydrogen-bond acceptors (Lipinski definition) is 0. The molecular weight excluding hydrogens is 144 g/mol. The van der Waals surface area contributed by atoms with E-state index in [2.05, 4.69) is 32.9 Å². The number of allylic oxidation sites excluding steroid dienone is 4. The third kappa shape index (κ3) is 7.59. The van der Waals surface area contributed by atoms with E-state index in [0.717, 1.165) is 6.42 Å². The first-order valence-electron chi connectivity index (χ1n) is 4.91. The molecule has 0 bridgehead atoms. The molecule has 0 aromatic rings. The van der Waals surface area contributed by atoms with Gasteiger partial charge in [0.25, 0.3) is 0 Å². The highest BCUT2D eigenvalue weighted by Crippen LogP contribution is 2.03. The van der Waals surface area contributed by atoms with Crippen molar-refractivity contribution in [3.05, 3.63) is 30.7 Å². The fourth-order valence-electron chi connectivity index (χ4n) is 0.983. The molecule has 0 aromatic carbocycles. The molecule has 0 heteroatoms. The Morgan fingerprint density at radius 2 is 2.00 bits per heavy atom. The minimum Gasteiger partial charge on any atom is -0.0882 e. The van der Waals surface area contributed by atoms with Crippen molar-refractivity contribution in [2.45, 2.75) is 46.0 Å². The van der Waals surface area contributed by atoms with E-state index in [0.29, 0.717) is 0 Å². The van der Waals surface area contributed by atoms with Crippen molar-refractivity contribution in [2.24, 2.45) is 0 Å². The topological polar surface area (TPSA) is 0 Å². The van der Waals surface area contributed by atoms with E-state index < -0.39 is 0 Å². The lowest BCUT2D eigenvalue weighted by atomic mass is 10.1. The largest absolute Gasteiger partial charge is 0.0882 e. The van der Waals surface area contributed by atoms with Gasteiger partial charge in [-0.05, 0) is 33.1 Å². The fourth-order valence-corrected chi connectivity index (χ4v) is 0.983. The molecule has 0 aliphatic heterocycles. The molecule has 0 aliphatic carbocycles. The van der Waals surface area contributed by atoms with E-state index in [9.17, 15) is 0 Å². The third-order valence-electron chi connectivity index (χ3n) is 1.93. The van der Waals surface area contributed by atoms with Crippen LogP contribution in [0.2, 0.25) is 0 Å². The molecule has 0 heterocycles. The van der Waals surface area contributed by atoms with E-state index in [-0.39, 0.29) is 0 Å². The predicted molar refractivity (Wildman–Crippen MR) is 57.0 cm³/mol. The average Bonchev–Trinajstić information content (AvgIpc) is 2.10. The van der Waals surface area contributed by atoms with Crippen molar-refractivity contribution in [1.82, 2.24) is 0 Å². The molecule has 0 atom stereocenters. The molecule has 0 aliphatic rings. The van der Waals surface area contributed by atoms with E-state index in [4.69, 9.17) is 0 Å². The summed E-state index contributed by atoms with van der Waals surface area (Å²) in [5.74, 6) is 0. The van der Waals surface area contributed by atoms with Gasteiger partial charge in [0.05, 0.1) is 0 Å². The second-order valence-electron chi connectivity index (χ2n) is 3.22. The maximum atomic E-state index is 3.72. The van der Waals surface area contributed by atoms with Crippen LogP contribution in [-0.4, -0.2) is 0 Å². The Hall–Kier alpha value is -0.520. The molecule has 1 radical (unpaired) electrons. The molecule has 0 spiro atoms. The van der Waals surface area contributed by atoms with Crippen LogP contribution in [0, 0.1) is 6.92 Å². The molecule has 0 N–H and O–H groups in total. The van der Waals surface area contributed by atoms with Crippen molar-refractivity contribution in [2.75, 3.05) is 0 Å². The molecule has 0 fully saturated rings. The molecule has 0 saturated heterocycles. The monoisotopic (exact) mass is 165 g/mol. The molecular formula is C12H21. The zero-order chi connectivity index (χ0) is 9.23. The van der Waals surface area contributed by atoms with Crippen LogP contribution < -0.4 is 0 Å². The van der Waals surface area contributed by atoms with E-state index in [1.807, 2.05) is 6.08 Å². The summed E-state index contributed by atoms with van der Waals surface area (Å²) in [6, 6.07) is 0. The van der Waals surface area contributed by atoms with E-state index in [1.165, 1.54) is 31.3 Å². The fraction of sp³-hybridized carbons (Fsp3) is 0.583. The Morgan fingerprint density at radius 3 is 2.58 bits per heavy atom. The molecule has 12 heavy (non-hydrogen) atoms. The Morgan fingerprint density at radius 1 is 1.25 bits per heavy atom. The molecule has 0 unspecified atom stereocenters. The van der Waals surface area contributed by atoms with Crippen molar-refractivity contribution >= 4 is 0 Å². The predicted octanol–water partition coefficient (Wildman–Crippen LogP) is 4.29. The molecule has 69 valence electrons. The van der Waals surface area contributed by atoms with Gasteiger partial charge in [-0.25, -0.2) is 0 Å². The molecule has 0 rings (SSSR count). The van der Waals surface area contributed by atoms with Crippen molar-refractivity contribution in [1.29, 1.82) is 0 Å². The first-order chi connectivity index (χ1) is 5.81. The minimum atomic E-state index is 1.07. The van der Waals surface area contributed by atoms with Gasteiger partial charge in [0.2, 0.25) is 0 Å². The second kappa shape index (κ2) is 8.58. The van der Waals surface area contributed by atoms with Crippen molar-refractivity contribution in [3.63, 3.8) is 0 Å². The second-order valence-corrected chi connectivity index (χ2v) is 3.22. The highest BCUT2D eigenvalue weighted by molar-refractivity contribution is 5.05. The zero-order valence-electron chi connectivity index (χ0n) is 8.47. The summed E-state index contributed by atoms with van der Waals surface area (Å²) in [5.41, 5.74) is 1.35. The number of rotatable bonds is 6. The van der Waals surface area contributed by atoms with Gasteiger partial charge in [0.1, 0.15) is 0 Å². The lowest BCUT2D eigenvalue weighted by molar-refractivity contribution is 0.728. The van der Waals surface area contributed by atoms with Crippen LogP contribution in [0.1, 0.15) is 46.0 Å². The maximum Gasteiger partial charge on any atom is -0.0142 e. The highest BCUT2D eigenvalue weighted by Gasteiger charge is 1.83. The van der Waals surface area contributed by atoms with Gasteiger partial charge in [0.15, 0.2) is 0 Å². The summed E-state index contributed by atoms with van der Waals surface area (Å²) in [4.78, 5) is 0. The van der Waals surface area contributed by atoms with Gasteiger partial charge < -0.3 is 0 Å². The first kappa shape index (κ1) is 11.5. The van der Waals surface area contributed by atoms with Gasteiger partial charge in [-0.15, -0.1) is 0 Å². The minimum absolute atomic E-state index is 1.07. The zero-order valence-corrected chi connectivity index (χ0v) is 8.47. The van der Waals surface area contributed by atoms with Crippen LogP contribution in [0.15, 0.2) is 23.8 Å². The number of unbranched alkanes of at least 4 members (excludes halogenated alkanes) is 3. The number of hydrogen-bond donors (Lipinski definition) is 0. The lowest BCUT2D eigenvalue weighted by Crippen LogP contribution is -1.73. The quantitative estimate of drug-likeness (QED) is 0.407. The third-order valence-corrected chi connectivity index (χ3v) is 1.93. The van der Waals surface area contributed by atoms with Crippen LogP contribution in [0.3, 0.4) is 0 Å². The van der Waals surface area contributed by atoms with Crippen LogP contribution in [0.25, 0.3) is 0 Å². The van der Waals surface area contributed by atoms with Crippen molar-refractivity contribution < 1.29 is 0 Å². The molecule has 0 saturated carbocycles. The smallest absolute Gasteiger partial charge is 0.0142 e. The average molecular weight is 165 g/mol. The Kier molecular flexibility index (Phi) is 8.20. The summed E-state index contributed by atoms with van der Waals surface area (Å²) in [6.07, 6.45) is 12.7. The summed E-state index contributed by atoms with van der Waals surface area (Å²) < 4.78 is 0. The van der Waals surface area contributed by atoms with Gasteiger partial charge >= 0.3 is 0 Å². The molecule has 0 amide bonds. The van der Waals surface area contributed by atoms with E-state index in [1.54, 1.807) is 0 Å². The van der Waals surface area contributed by atoms with Crippen LogP contribution >= 0.6 is 0 Å². The van der Waals surface area contributed by atoms with Crippen LogP contribution in [0.5, 0.6) is 0 Å². The maximum absolute atomic E-state index is 3.72. The van der Waals surface area contributed by atoms with E-state index >= 15 is 0 Å². The Labute approximate surface area is 77.4 Å².